The lowest BCUT2D eigenvalue weighted by Gasteiger charge is -2.30. The van der Waals surface area contributed by atoms with Crippen LogP contribution >= 0.6 is 11.8 Å². The number of thioether (sulfide) groups is 1. The predicted octanol–water partition coefficient (Wildman–Crippen LogP) is 2.99. The van der Waals surface area contributed by atoms with Gasteiger partial charge in [-0.15, -0.1) is 11.8 Å². The summed E-state index contributed by atoms with van der Waals surface area (Å²) < 4.78 is 5.17. The maximum absolute atomic E-state index is 12.9. The topological polar surface area (TPSA) is 84.7 Å². The minimum Gasteiger partial charge on any atom is -0.497 e. The molecule has 0 aliphatic carbocycles. The summed E-state index contributed by atoms with van der Waals surface area (Å²) in [6, 6.07) is 14.8. The molecule has 148 valence electrons. The third-order valence-corrected chi connectivity index (χ3v) is 5.73. The van der Waals surface area contributed by atoms with E-state index in [1.807, 2.05) is 47.4 Å². The molecule has 3 rings (SSSR count). The molecular formula is C21H25N3O3S. The van der Waals surface area contributed by atoms with Crippen molar-refractivity contribution in [3.8, 4) is 5.75 Å². The molecule has 1 fully saturated rings. The quantitative estimate of drug-likeness (QED) is 0.730. The van der Waals surface area contributed by atoms with Gasteiger partial charge in [-0.1, -0.05) is 18.2 Å². The van der Waals surface area contributed by atoms with Crippen molar-refractivity contribution in [2.75, 3.05) is 31.3 Å². The van der Waals surface area contributed by atoms with Crippen LogP contribution in [0.4, 0.5) is 5.69 Å². The van der Waals surface area contributed by atoms with Gasteiger partial charge >= 0.3 is 0 Å². The van der Waals surface area contributed by atoms with Gasteiger partial charge in [0.2, 0.25) is 5.91 Å². The Labute approximate surface area is 169 Å². The van der Waals surface area contributed by atoms with Gasteiger partial charge in [0.1, 0.15) is 5.75 Å². The molecule has 2 aromatic carbocycles. The molecule has 6 nitrogen and oxygen atoms in total. The van der Waals surface area contributed by atoms with E-state index in [1.54, 1.807) is 13.2 Å². The van der Waals surface area contributed by atoms with E-state index in [1.165, 1.54) is 11.8 Å². The van der Waals surface area contributed by atoms with Crippen molar-refractivity contribution in [2.24, 2.45) is 5.73 Å². The Kier molecular flexibility index (Phi) is 6.95. The molecule has 0 atom stereocenters. The summed E-state index contributed by atoms with van der Waals surface area (Å²) in [5, 5.41) is 2.85. The van der Waals surface area contributed by atoms with E-state index in [2.05, 4.69) is 5.32 Å². The Hall–Kier alpha value is -2.51. The van der Waals surface area contributed by atoms with Crippen molar-refractivity contribution >= 4 is 29.3 Å². The molecule has 0 saturated carbocycles. The zero-order valence-corrected chi connectivity index (χ0v) is 16.7. The van der Waals surface area contributed by atoms with Crippen molar-refractivity contribution in [3.05, 3.63) is 54.1 Å². The van der Waals surface area contributed by atoms with Gasteiger partial charge in [-0.2, -0.15) is 0 Å². The fourth-order valence-electron chi connectivity index (χ4n) is 3.08. The Morgan fingerprint density at radius 3 is 2.68 bits per heavy atom. The maximum Gasteiger partial charge on any atom is 0.254 e. The molecule has 2 aromatic rings. The third-order valence-electron chi connectivity index (χ3n) is 4.66. The fraction of sp³-hybridized carbons (Fsp3) is 0.333. The lowest BCUT2D eigenvalue weighted by molar-refractivity contribution is -0.113. The molecule has 1 saturated heterocycles. The highest BCUT2D eigenvalue weighted by atomic mass is 32.2. The monoisotopic (exact) mass is 399 g/mol. The molecular weight excluding hydrogens is 374 g/mol. The van der Waals surface area contributed by atoms with Gasteiger partial charge in [-0.3, -0.25) is 9.59 Å². The Balaban J connectivity index is 1.61. The Bertz CT molecular complexity index is 835. The van der Waals surface area contributed by atoms with Crippen LogP contribution in [-0.4, -0.2) is 48.7 Å². The summed E-state index contributed by atoms with van der Waals surface area (Å²) >= 11 is 1.36. The smallest absolute Gasteiger partial charge is 0.254 e. The van der Waals surface area contributed by atoms with Crippen LogP contribution in [0.25, 0.3) is 0 Å². The van der Waals surface area contributed by atoms with Crippen LogP contribution in [0, 0.1) is 0 Å². The number of nitrogens with zero attached hydrogens (tertiary/aromatic N) is 1. The number of carbonyl (C=O) groups excluding carboxylic acids is 2. The number of benzene rings is 2. The highest BCUT2D eigenvalue weighted by Gasteiger charge is 2.23. The molecule has 0 bridgehead atoms. The highest BCUT2D eigenvalue weighted by molar-refractivity contribution is 8.00. The van der Waals surface area contributed by atoms with Crippen LogP contribution in [0.15, 0.2) is 53.4 Å². The molecule has 0 radical (unpaired) electrons. The number of ether oxygens (including phenoxy) is 1. The number of amides is 2. The average molecular weight is 400 g/mol. The van der Waals surface area contributed by atoms with Gasteiger partial charge in [0.05, 0.1) is 18.4 Å². The minimum atomic E-state index is -0.135. The third kappa shape index (κ3) is 5.27. The molecule has 28 heavy (non-hydrogen) atoms. The van der Waals surface area contributed by atoms with Crippen LogP contribution < -0.4 is 15.8 Å². The van der Waals surface area contributed by atoms with Crippen molar-refractivity contribution in [3.63, 3.8) is 0 Å². The molecule has 7 heteroatoms. The number of likely N-dealkylation sites (tertiary alicyclic amines) is 1. The first-order chi connectivity index (χ1) is 13.6. The summed E-state index contributed by atoms with van der Waals surface area (Å²) in [5.74, 6) is 0.766. The first-order valence-electron chi connectivity index (χ1n) is 9.27. The molecule has 1 heterocycles. The van der Waals surface area contributed by atoms with Crippen molar-refractivity contribution in [1.29, 1.82) is 0 Å². The zero-order valence-electron chi connectivity index (χ0n) is 15.9. The number of methoxy groups -OCH3 is 1. The number of anilines is 1. The lowest BCUT2D eigenvalue weighted by Crippen LogP contribution is -2.43. The standard InChI is InChI=1S/C21H25N3O3S/c1-27-17-6-4-5-16(13-17)23-20(25)14-28-19-8-3-2-7-18(19)21(26)24-11-9-15(22)10-12-24/h2-8,13,15H,9-12,14,22H2,1H3,(H,23,25). The van der Waals surface area contributed by atoms with Crippen LogP contribution in [0.1, 0.15) is 23.2 Å². The largest absolute Gasteiger partial charge is 0.497 e. The van der Waals surface area contributed by atoms with E-state index in [0.29, 0.717) is 30.1 Å². The Morgan fingerprint density at radius 1 is 1.18 bits per heavy atom. The fourth-order valence-corrected chi connectivity index (χ4v) is 3.93. The molecule has 0 aromatic heterocycles. The van der Waals surface area contributed by atoms with Gasteiger partial charge in [0.25, 0.3) is 5.91 Å². The highest BCUT2D eigenvalue weighted by Crippen LogP contribution is 2.25. The SMILES string of the molecule is COc1cccc(NC(=O)CSc2ccccc2C(=O)N2CCC(N)CC2)c1. The number of nitrogens with two attached hydrogens (primary N) is 1. The van der Waals surface area contributed by atoms with Gasteiger partial charge < -0.3 is 20.7 Å². The molecule has 2 amide bonds. The van der Waals surface area contributed by atoms with Gasteiger partial charge in [-0.05, 0) is 37.1 Å². The second-order valence-corrected chi connectivity index (χ2v) is 7.71. The molecule has 1 aliphatic heterocycles. The maximum atomic E-state index is 12.9. The van der Waals surface area contributed by atoms with Crippen molar-refractivity contribution < 1.29 is 14.3 Å². The van der Waals surface area contributed by atoms with E-state index >= 15 is 0 Å². The van der Waals surface area contributed by atoms with Crippen molar-refractivity contribution in [1.82, 2.24) is 4.90 Å². The minimum absolute atomic E-state index is 0.00297. The molecule has 0 spiro atoms. The first-order valence-corrected chi connectivity index (χ1v) is 10.3. The van der Waals surface area contributed by atoms with E-state index in [9.17, 15) is 9.59 Å². The second-order valence-electron chi connectivity index (χ2n) is 6.69. The lowest BCUT2D eigenvalue weighted by atomic mass is 10.0. The molecule has 0 unspecified atom stereocenters. The summed E-state index contributed by atoms with van der Waals surface area (Å²) in [6.45, 7) is 1.35. The number of nitrogens with one attached hydrogen (secondary N) is 1. The summed E-state index contributed by atoms with van der Waals surface area (Å²) in [4.78, 5) is 27.9. The van der Waals surface area contributed by atoms with Gasteiger partial charge in [0.15, 0.2) is 0 Å². The van der Waals surface area contributed by atoms with E-state index in [4.69, 9.17) is 10.5 Å². The molecule has 1 aliphatic rings. The van der Waals surface area contributed by atoms with E-state index < -0.39 is 0 Å². The van der Waals surface area contributed by atoms with E-state index in [-0.39, 0.29) is 23.6 Å². The van der Waals surface area contributed by atoms with Gasteiger partial charge in [-0.25, -0.2) is 0 Å². The zero-order chi connectivity index (χ0) is 19.9. The van der Waals surface area contributed by atoms with Crippen molar-refractivity contribution in [2.45, 2.75) is 23.8 Å². The van der Waals surface area contributed by atoms with Crippen LogP contribution in [0.3, 0.4) is 0 Å². The number of rotatable bonds is 6. The second kappa shape index (κ2) is 9.61. The number of piperidine rings is 1. The summed E-state index contributed by atoms with van der Waals surface area (Å²) in [6.07, 6.45) is 1.65. The van der Waals surface area contributed by atoms with Gasteiger partial charge in [0, 0.05) is 35.8 Å². The van der Waals surface area contributed by atoms with Crippen LogP contribution in [0.5, 0.6) is 5.75 Å². The first kappa shape index (κ1) is 20.2. The number of hydrogen-bond donors (Lipinski definition) is 2. The predicted molar refractivity (Wildman–Crippen MR) is 112 cm³/mol. The van der Waals surface area contributed by atoms with Crippen LogP contribution in [-0.2, 0) is 4.79 Å². The van der Waals surface area contributed by atoms with E-state index in [0.717, 1.165) is 17.7 Å². The summed E-state index contributed by atoms with van der Waals surface area (Å²) in [5.41, 5.74) is 7.25. The number of hydrogen-bond acceptors (Lipinski definition) is 5. The average Bonchev–Trinajstić information content (AvgIpc) is 2.72. The van der Waals surface area contributed by atoms with Crippen LogP contribution in [0.2, 0.25) is 0 Å². The molecule has 3 N–H and O–H groups in total. The number of carbonyl (C=O) groups is 2. The summed E-state index contributed by atoms with van der Waals surface area (Å²) in [7, 11) is 1.58. The normalized spacial score (nSPS) is 14.6. The Morgan fingerprint density at radius 2 is 1.93 bits per heavy atom.